The lowest BCUT2D eigenvalue weighted by molar-refractivity contribution is -0.122. The van der Waals surface area contributed by atoms with Crippen LogP contribution in [0.1, 0.15) is 53.9 Å². The van der Waals surface area contributed by atoms with E-state index in [2.05, 4.69) is 24.3 Å². The number of benzene rings is 1. The smallest absolute Gasteiger partial charge is 0.314 e. The lowest BCUT2D eigenvalue weighted by Gasteiger charge is -2.33. The molecule has 1 aromatic carbocycles. The highest BCUT2D eigenvalue weighted by Gasteiger charge is 2.30. The molecule has 1 fully saturated rings. The van der Waals surface area contributed by atoms with Gasteiger partial charge >= 0.3 is 6.03 Å². The minimum absolute atomic E-state index is 0.0581. The zero-order chi connectivity index (χ0) is 26.5. The molecule has 0 aliphatic carbocycles. The summed E-state index contributed by atoms with van der Waals surface area (Å²) >= 11 is 0. The lowest BCUT2D eigenvalue weighted by atomic mass is 10.0. The molecule has 0 unspecified atom stereocenters. The molecule has 5 rings (SSSR count). The molecule has 2 aliphatic rings. The van der Waals surface area contributed by atoms with Gasteiger partial charge in [0.1, 0.15) is 0 Å². The van der Waals surface area contributed by atoms with Crippen LogP contribution < -0.4 is 11.1 Å². The second-order valence-corrected chi connectivity index (χ2v) is 9.13. The molecule has 37 heavy (non-hydrogen) atoms. The van der Waals surface area contributed by atoms with E-state index >= 15 is 0 Å². The van der Waals surface area contributed by atoms with Gasteiger partial charge in [-0.1, -0.05) is 25.1 Å². The molecule has 0 atom stereocenters. The van der Waals surface area contributed by atoms with Crippen LogP contribution in [0.2, 0.25) is 0 Å². The van der Waals surface area contributed by atoms with Gasteiger partial charge in [0, 0.05) is 49.0 Å². The second-order valence-electron chi connectivity index (χ2n) is 9.13. The largest absolute Gasteiger partial charge is 0.483 e. The predicted molar refractivity (Wildman–Crippen MR) is 139 cm³/mol. The van der Waals surface area contributed by atoms with E-state index in [4.69, 9.17) is 20.6 Å². The highest BCUT2D eigenvalue weighted by Crippen LogP contribution is 2.34. The van der Waals surface area contributed by atoms with E-state index in [1.165, 1.54) is 0 Å². The number of nitrogens with zero attached hydrogens (tertiary/aromatic N) is 5. The van der Waals surface area contributed by atoms with Crippen molar-refractivity contribution in [2.45, 2.75) is 58.8 Å². The summed E-state index contributed by atoms with van der Waals surface area (Å²) in [5, 5.41) is 16.2. The van der Waals surface area contributed by atoms with Gasteiger partial charge in [0.05, 0.1) is 23.8 Å². The standard InChI is InChI=1S/C25H31N7O2.CH2O2/c1-3-21-20(15-31-14-16-7-5-6-8-18(16)24(31)33)22(19-13-27-32(4-2)23(19)29-21)28-17-9-11-30(12-10-17)25(26)34;2-1-3/h5-8,13,17H,3-4,9-12,14-15H2,1-2H3,(H2,26,34)(H,28,29);1H,(H,2,3). The number of carbonyl (C=O) groups is 3. The Balaban J connectivity index is 0.00000102. The number of nitrogens with two attached hydrogens (primary N) is 1. The van der Waals surface area contributed by atoms with Gasteiger partial charge in [-0.15, -0.1) is 0 Å². The molecule has 3 amide bonds. The van der Waals surface area contributed by atoms with Crippen molar-refractivity contribution in [1.82, 2.24) is 24.6 Å². The van der Waals surface area contributed by atoms with Gasteiger partial charge in [-0.3, -0.25) is 9.59 Å². The Bertz CT molecular complexity index is 1300. The van der Waals surface area contributed by atoms with E-state index in [1.54, 1.807) is 4.90 Å². The zero-order valence-corrected chi connectivity index (χ0v) is 21.2. The summed E-state index contributed by atoms with van der Waals surface area (Å²) in [4.78, 5) is 41.6. The van der Waals surface area contributed by atoms with Gasteiger partial charge in [-0.25, -0.2) is 14.5 Å². The van der Waals surface area contributed by atoms with Gasteiger partial charge in [0.25, 0.3) is 12.4 Å². The molecule has 0 bridgehead atoms. The van der Waals surface area contributed by atoms with Gasteiger partial charge in [-0.05, 0) is 37.8 Å². The number of anilines is 1. The molecule has 0 spiro atoms. The maximum atomic E-state index is 13.1. The number of hydrogen-bond acceptors (Lipinski definition) is 6. The Kier molecular flexibility index (Phi) is 7.90. The Morgan fingerprint density at radius 2 is 1.95 bits per heavy atom. The Morgan fingerprint density at radius 3 is 2.57 bits per heavy atom. The van der Waals surface area contributed by atoms with E-state index < -0.39 is 0 Å². The fraction of sp³-hybridized carbons (Fsp3) is 0.423. The number of piperidine rings is 1. The third-order valence-electron chi connectivity index (χ3n) is 7.01. The highest BCUT2D eigenvalue weighted by molar-refractivity contribution is 5.98. The number of primary amides is 1. The van der Waals surface area contributed by atoms with Crippen LogP contribution in [0.15, 0.2) is 30.5 Å². The topological polar surface area (TPSA) is 147 Å². The average Bonchev–Trinajstić information content (AvgIpc) is 3.46. The first-order valence-electron chi connectivity index (χ1n) is 12.5. The average molecular weight is 508 g/mol. The summed E-state index contributed by atoms with van der Waals surface area (Å²) in [6, 6.07) is 7.64. The number of carboxylic acid groups (broad SMARTS) is 1. The summed E-state index contributed by atoms with van der Waals surface area (Å²) in [6.45, 7) is 6.98. The zero-order valence-electron chi connectivity index (χ0n) is 21.2. The van der Waals surface area contributed by atoms with Crippen molar-refractivity contribution in [1.29, 1.82) is 0 Å². The first-order valence-corrected chi connectivity index (χ1v) is 12.5. The molecule has 196 valence electrons. The Morgan fingerprint density at radius 1 is 1.24 bits per heavy atom. The molecule has 11 heteroatoms. The van der Waals surface area contributed by atoms with E-state index in [0.717, 1.165) is 64.9 Å². The lowest BCUT2D eigenvalue weighted by Crippen LogP contribution is -2.44. The minimum atomic E-state index is -0.366. The number of hydrogen-bond donors (Lipinski definition) is 3. The molecule has 2 aliphatic heterocycles. The molecule has 11 nitrogen and oxygen atoms in total. The van der Waals surface area contributed by atoms with E-state index in [0.29, 0.717) is 26.2 Å². The molecule has 4 heterocycles. The van der Waals surface area contributed by atoms with E-state index in [9.17, 15) is 9.59 Å². The number of fused-ring (bicyclic) bond motifs is 2. The third-order valence-corrected chi connectivity index (χ3v) is 7.01. The quantitative estimate of drug-likeness (QED) is 0.435. The number of nitrogens with one attached hydrogen (secondary N) is 1. The van der Waals surface area contributed by atoms with Crippen LogP contribution in [0.4, 0.5) is 10.5 Å². The number of amides is 3. The Hall–Kier alpha value is -4.15. The van der Waals surface area contributed by atoms with Gasteiger partial charge in [0.15, 0.2) is 5.65 Å². The summed E-state index contributed by atoms with van der Waals surface area (Å²) in [5.41, 5.74) is 11.2. The van der Waals surface area contributed by atoms with Gasteiger partial charge in [0.2, 0.25) is 0 Å². The third kappa shape index (κ3) is 5.20. The summed E-state index contributed by atoms with van der Waals surface area (Å²) < 4.78 is 1.91. The van der Waals surface area contributed by atoms with Crippen LogP contribution in [0.25, 0.3) is 11.0 Å². The molecular formula is C26H33N7O4. The van der Waals surface area contributed by atoms with Crippen molar-refractivity contribution < 1.29 is 19.5 Å². The summed E-state index contributed by atoms with van der Waals surface area (Å²) in [6.07, 6.45) is 4.24. The predicted octanol–water partition coefficient (Wildman–Crippen LogP) is 2.83. The Labute approximate surface area is 215 Å². The van der Waals surface area contributed by atoms with Crippen LogP contribution >= 0.6 is 0 Å². The van der Waals surface area contributed by atoms with Crippen molar-refractivity contribution >= 4 is 35.1 Å². The second kappa shape index (κ2) is 11.3. The first kappa shape index (κ1) is 25.9. The number of aromatic nitrogens is 3. The molecule has 2 aromatic heterocycles. The monoisotopic (exact) mass is 507 g/mol. The number of carbonyl (C=O) groups excluding carboxylic acids is 2. The molecule has 0 saturated carbocycles. The molecule has 4 N–H and O–H groups in total. The van der Waals surface area contributed by atoms with Crippen molar-refractivity contribution in [3.05, 3.63) is 52.8 Å². The van der Waals surface area contributed by atoms with Gasteiger partial charge in [-0.2, -0.15) is 5.10 Å². The fourth-order valence-corrected chi connectivity index (χ4v) is 5.12. The molecule has 1 saturated heterocycles. The fourth-order valence-electron chi connectivity index (χ4n) is 5.12. The number of urea groups is 1. The van der Waals surface area contributed by atoms with Crippen LogP contribution in [0, 0.1) is 0 Å². The number of likely N-dealkylation sites (tertiary alicyclic amines) is 1. The number of rotatable bonds is 6. The SMILES string of the molecule is CCc1nc2c(cnn2CC)c(NC2CCN(C(N)=O)CC2)c1CN1Cc2ccccc2C1=O.O=CO. The summed E-state index contributed by atoms with van der Waals surface area (Å²) in [5.74, 6) is 0.0581. The van der Waals surface area contributed by atoms with Crippen LogP contribution in [0.3, 0.4) is 0 Å². The minimum Gasteiger partial charge on any atom is -0.483 e. The van der Waals surface area contributed by atoms with Crippen molar-refractivity contribution in [3.8, 4) is 0 Å². The van der Waals surface area contributed by atoms with Gasteiger partial charge < -0.3 is 26.0 Å². The molecular weight excluding hydrogens is 474 g/mol. The first-order chi connectivity index (χ1) is 17.9. The summed E-state index contributed by atoms with van der Waals surface area (Å²) in [7, 11) is 0. The van der Waals surface area contributed by atoms with E-state index in [-0.39, 0.29) is 24.5 Å². The van der Waals surface area contributed by atoms with Crippen LogP contribution in [-0.4, -0.2) is 67.2 Å². The van der Waals surface area contributed by atoms with Crippen LogP contribution in [-0.2, 0) is 30.8 Å². The number of aryl methyl sites for hydroxylation is 2. The maximum absolute atomic E-state index is 13.1. The number of pyridine rings is 1. The molecule has 3 aromatic rings. The molecule has 0 radical (unpaired) electrons. The normalized spacial score (nSPS) is 15.4. The van der Waals surface area contributed by atoms with Crippen molar-refractivity contribution in [2.24, 2.45) is 5.73 Å². The van der Waals surface area contributed by atoms with Crippen molar-refractivity contribution in [3.63, 3.8) is 0 Å². The highest BCUT2D eigenvalue weighted by atomic mass is 16.3. The maximum Gasteiger partial charge on any atom is 0.314 e. The van der Waals surface area contributed by atoms with Crippen molar-refractivity contribution in [2.75, 3.05) is 18.4 Å². The van der Waals surface area contributed by atoms with Crippen LogP contribution in [0.5, 0.6) is 0 Å². The van der Waals surface area contributed by atoms with E-state index in [1.807, 2.05) is 40.0 Å².